The molecule has 0 N–H and O–H groups in total. The summed E-state index contributed by atoms with van der Waals surface area (Å²) < 4.78 is 65.7. The molecule has 12 aliphatic heterocycles. The van der Waals surface area contributed by atoms with Gasteiger partial charge in [0.2, 0.25) is 0 Å². The number of rotatable bonds is 24. The molecular formula is C75H42O18S24. The average Bonchev–Trinajstić information content (AvgIpc) is 1.80. The smallest absolute Gasteiger partial charge is 0.343 e. The SMILES string of the molecule is O=C(OCC1=CSC(=C2SC=CS2)S1)c1cc(OC(=O)c2cc(C(=O)Oc3cc(C(=O)OCC4=CSC(=C5SC=CS5)S4)cc(C(=O)OCC4=CSC(=C5SC=CS5)S4)c3)cc(C(=O)Oc3cc(C(=O)OCC4=CSC(=C5SC=CS5)S4)cc(C(=O)OCC4=CSC(=C5SC=CS5)S4)c3)c2)cc(C(=O)OCC2=CSC(=C3SC=CS3)S2)c1. The van der Waals surface area contributed by atoms with Gasteiger partial charge in [-0.15, -0.1) is 0 Å². The molecule has 0 unspecified atom stereocenters. The molecule has 0 fully saturated rings. The highest BCUT2D eigenvalue weighted by atomic mass is 32.2. The van der Waals surface area contributed by atoms with Crippen molar-refractivity contribution in [2.45, 2.75) is 0 Å². The Morgan fingerprint density at radius 1 is 0.179 bits per heavy atom. The normalized spacial score (nSPS) is 18.4. The fourth-order valence-electron chi connectivity index (χ4n) is 9.94. The van der Waals surface area contributed by atoms with Crippen molar-refractivity contribution in [2.24, 2.45) is 0 Å². The predicted molar refractivity (Wildman–Crippen MR) is 510 cm³/mol. The predicted octanol–water partition coefficient (Wildman–Crippen LogP) is 26.7. The van der Waals surface area contributed by atoms with Crippen molar-refractivity contribution in [1.29, 1.82) is 0 Å². The summed E-state index contributed by atoms with van der Waals surface area (Å²) in [5.74, 6) is -10.2. The van der Waals surface area contributed by atoms with Crippen molar-refractivity contribution in [3.05, 3.63) is 300 Å². The summed E-state index contributed by atoms with van der Waals surface area (Å²) >= 11 is 36.7. The number of esters is 9. The molecule has 0 spiro atoms. The van der Waals surface area contributed by atoms with Crippen molar-refractivity contribution in [2.75, 3.05) is 39.6 Å². The number of hydrogen-bond acceptors (Lipinski definition) is 42. The molecule has 0 amide bonds. The maximum atomic E-state index is 15.1. The largest absolute Gasteiger partial charge is 0.457 e. The number of carbonyl (C=O) groups is 9. The number of benzene rings is 4. The first-order valence-corrected chi connectivity index (χ1v) is 53.6. The van der Waals surface area contributed by atoms with Crippen molar-refractivity contribution in [3.8, 4) is 17.2 Å². The highest BCUT2D eigenvalue weighted by Gasteiger charge is 2.31. The topological polar surface area (TPSA) is 237 Å². The Balaban J connectivity index is 0.704. The van der Waals surface area contributed by atoms with Gasteiger partial charge in [0, 0.05) is 29.4 Å². The van der Waals surface area contributed by atoms with Gasteiger partial charge in [-0.2, -0.15) is 0 Å². The first kappa shape index (κ1) is 86.4. The molecule has 0 saturated heterocycles. The van der Waals surface area contributed by atoms with Crippen LogP contribution >= 0.6 is 282 Å². The van der Waals surface area contributed by atoms with Crippen LogP contribution in [0, 0.1) is 0 Å². The van der Waals surface area contributed by atoms with Crippen molar-refractivity contribution >= 4 is 336 Å². The molecule has 0 bridgehead atoms. The molecule has 0 aliphatic carbocycles. The zero-order valence-electron chi connectivity index (χ0n) is 58.2. The quantitative estimate of drug-likeness (QED) is 0.0360. The lowest BCUT2D eigenvalue weighted by Gasteiger charge is -2.14. The van der Waals surface area contributed by atoms with Gasteiger partial charge in [0.25, 0.3) is 0 Å². The Labute approximate surface area is 769 Å². The van der Waals surface area contributed by atoms with Crippen LogP contribution in [0.5, 0.6) is 17.2 Å². The summed E-state index contributed by atoms with van der Waals surface area (Å²) in [7, 11) is 0. The van der Waals surface area contributed by atoms with Gasteiger partial charge in [-0.1, -0.05) is 282 Å². The van der Waals surface area contributed by atoms with E-state index < -0.39 is 70.4 Å². The molecule has 0 aromatic heterocycles. The van der Waals surface area contributed by atoms with Crippen LogP contribution in [-0.4, -0.2) is 93.4 Å². The van der Waals surface area contributed by atoms with Crippen molar-refractivity contribution < 1.29 is 85.8 Å². The van der Waals surface area contributed by atoms with Gasteiger partial charge in [-0.3, -0.25) is 0 Å². The second kappa shape index (κ2) is 41.5. The van der Waals surface area contributed by atoms with E-state index in [0.29, 0.717) is 0 Å². The van der Waals surface area contributed by atoms with E-state index in [-0.39, 0.29) is 90.3 Å². The highest BCUT2D eigenvalue weighted by Crippen LogP contribution is 2.59. The molecule has 0 radical (unpaired) electrons. The minimum atomic E-state index is -1.26. The third kappa shape index (κ3) is 23.1. The van der Waals surface area contributed by atoms with E-state index in [2.05, 4.69) is 0 Å². The molecule has 16 rings (SSSR count). The van der Waals surface area contributed by atoms with E-state index in [1.54, 1.807) is 141 Å². The molecular weight excluding hydrogens is 1960 g/mol. The Hall–Kier alpha value is -4.17. The zero-order valence-corrected chi connectivity index (χ0v) is 77.8. The number of hydrogen-bond donors (Lipinski definition) is 0. The number of ether oxygens (including phenoxy) is 9. The maximum absolute atomic E-state index is 15.1. The van der Waals surface area contributed by atoms with Crippen LogP contribution in [0.4, 0.5) is 0 Å². The van der Waals surface area contributed by atoms with Crippen LogP contribution in [0.25, 0.3) is 0 Å². The first-order chi connectivity index (χ1) is 57.0. The molecule has 4 aromatic rings. The number of thioether (sulfide) groups is 24. The Kier molecular flexibility index (Phi) is 30.7. The van der Waals surface area contributed by atoms with Crippen molar-refractivity contribution in [1.82, 2.24) is 0 Å². The molecule has 42 heteroatoms. The molecule has 12 heterocycles. The van der Waals surface area contributed by atoms with Crippen LogP contribution in [0.15, 0.2) is 250 Å². The third-order valence-electron chi connectivity index (χ3n) is 15.0. The Morgan fingerprint density at radius 3 is 0.479 bits per heavy atom. The molecule has 0 atom stereocenters. The van der Waals surface area contributed by atoms with Crippen LogP contribution in [0.1, 0.15) is 93.2 Å². The maximum Gasteiger partial charge on any atom is 0.343 e. The van der Waals surface area contributed by atoms with Gasteiger partial charge >= 0.3 is 53.7 Å². The second-order valence-corrected chi connectivity index (χ2v) is 49.2. The van der Waals surface area contributed by atoms with E-state index in [1.807, 2.05) is 97.3 Å². The van der Waals surface area contributed by atoms with Crippen LogP contribution in [0.3, 0.4) is 0 Å². The van der Waals surface area contributed by atoms with Crippen LogP contribution in [-0.2, 0) is 28.4 Å². The summed E-state index contributed by atoms with van der Waals surface area (Å²) in [5, 5.41) is 35.0. The van der Waals surface area contributed by atoms with E-state index in [0.717, 1.165) is 98.5 Å². The van der Waals surface area contributed by atoms with E-state index in [1.165, 1.54) is 196 Å². The summed E-state index contributed by atoms with van der Waals surface area (Å²) in [5.41, 5.74) is -2.80. The van der Waals surface area contributed by atoms with E-state index in [4.69, 9.17) is 42.6 Å². The summed E-state index contributed by atoms with van der Waals surface area (Å²) in [6.45, 7) is -0.855. The lowest BCUT2D eigenvalue weighted by molar-refractivity contribution is 0.0525. The van der Waals surface area contributed by atoms with E-state index in [9.17, 15) is 28.8 Å². The molecule has 12 aliphatic rings. The van der Waals surface area contributed by atoms with Gasteiger partial charge in [0.15, 0.2) is 0 Å². The van der Waals surface area contributed by atoms with Crippen molar-refractivity contribution in [3.63, 3.8) is 0 Å². The fraction of sp³-hybridized carbons (Fsp3) is 0.0800. The van der Waals surface area contributed by atoms with Gasteiger partial charge in [0.05, 0.1) is 101 Å². The standard InChI is InChI=1S/C75H42O18S24/c76-55(85-25-49-31-106-70(112-49)64-94-1-2-95-64)40-16-41(56(77)86-26-50-32-107-71(113-50)65-96-3-4-97-65)20-46(19-40)91-61(82)37-13-38(62(83)92-47-21-42(57(78)87-27-51-33-108-72(114-51)66-98-5-6-99-66)17-43(22-47)58(79)88-28-52-34-109-73(115-52)67-100-7-8-101-67)15-39(14-37)63(84)93-48-23-44(59(80)89-29-53-35-110-74(116-53)68-102-9-10-103-68)18-45(24-48)60(81)90-30-54-36-111-75(117-54)69-104-11-12-105-69/h1-24,31-36H,25-30H2. The lowest BCUT2D eigenvalue weighted by atomic mass is 10.0. The second-order valence-electron chi connectivity index (χ2n) is 23.0. The Bertz CT molecular complexity index is 4700. The molecule has 0 saturated carbocycles. The highest BCUT2D eigenvalue weighted by molar-refractivity contribution is 8.37. The van der Waals surface area contributed by atoms with Gasteiger partial charge < -0.3 is 42.6 Å². The number of carbonyl (C=O) groups excluding carboxylic acids is 9. The summed E-state index contributed by atoms with van der Waals surface area (Å²) in [4.78, 5) is 135. The molecule has 4 aromatic carbocycles. The van der Waals surface area contributed by atoms with Gasteiger partial charge in [-0.05, 0) is 170 Å². The summed E-state index contributed by atoms with van der Waals surface area (Å²) in [6, 6.07) is 13.9. The zero-order chi connectivity index (χ0) is 80.3. The van der Waals surface area contributed by atoms with Gasteiger partial charge in [-0.25, -0.2) is 43.2 Å². The van der Waals surface area contributed by atoms with E-state index >= 15 is 14.4 Å². The van der Waals surface area contributed by atoms with Crippen LogP contribution < -0.4 is 14.2 Å². The van der Waals surface area contributed by atoms with Crippen LogP contribution in [0.2, 0.25) is 0 Å². The Morgan fingerprint density at radius 2 is 0.325 bits per heavy atom. The molecule has 594 valence electrons. The fourth-order valence-corrected chi connectivity index (χ4v) is 36.3. The first-order valence-electron chi connectivity index (χ1n) is 32.9. The summed E-state index contributed by atoms with van der Waals surface area (Å²) in [6.07, 6.45) is 0. The lowest BCUT2D eigenvalue weighted by Crippen LogP contribution is -2.18. The minimum Gasteiger partial charge on any atom is -0.457 e. The molecule has 117 heavy (non-hydrogen) atoms. The minimum absolute atomic E-state index is 0.143. The van der Waals surface area contributed by atoms with Gasteiger partial charge in [0.1, 0.15) is 56.9 Å². The average molecular weight is 2000 g/mol. The third-order valence-corrected chi connectivity index (χ3v) is 45.3. The molecule has 18 nitrogen and oxygen atoms in total. The monoisotopic (exact) mass is 2000 g/mol.